The fourth-order valence-electron chi connectivity index (χ4n) is 2.79. The van der Waals surface area contributed by atoms with Gasteiger partial charge in [-0.1, -0.05) is 26.2 Å². The van der Waals surface area contributed by atoms with Crippen molar-refractivity contribution >= 4 is 11.8 Å². The van der Waals surface area contributed by atoms with E-state index in [1.807, 2.05) is 4.90 Å². The van der Waals surface area contributed by atoms with Crippen LogP contribution in [-0.4, -0.2) is 36.3 Å². The standard InChI is InChI=1S/C15H26N2O2/c1-2-3-10-16-13(18)15(8-9-15)14(19)17-11-6-4-5-7-12-17/h2-12H2,1H3,(H,16,18). The van der Waals surface area contributed by atoms with E-state index in [0.717, 1.165) is 51.6 Å². The van der Waals surface area contributed by atoms with Gasteiger partial charge in [0.15, 0.2) is 0 Å². The van der Waals surface area contributed by atoms with E-state index in [0.29, 0.717) is 6.54 Å². The molecule has 1 N–H and O–H groups in total. The lowest BCUT2D eigenvalue weighted by Crippen LogP contribution is -2.45. The number of amides is 2. The lowest BCUT2D eigenvalue weighted by atomic mass is 10.0. The van der Waals surface area contributed by atoms with Crippen molar-refractivity contribution in [3.8, 4) is 0 Å². The summed E-state index contributed by atoms with van der Waals surface area (Å²) >= 11 is 0. The lowest BCUT2D eigenvalue weighted by molar-refractivity contribution is -0.144. The van der Waals surface area contributed by atoms with Crippen LogP contribution in [-0.2, 0) is 9.59 Å². The molecule has 4 nitrogen and oxygen atoms in total. The summed E-state index contributed by atoms with van der Waals surface area (Å²) in [6.07, 6.45) is 8.10. The van der Waals surface area contributed by atoms with Crippen LogP contribution in [0.4, 0.5) is 0 Å². The van der Waals surface area contributed by atoms with Gasteiger partial charge in [-0.3, -0.25) is 9.59 Å². The lowest BCUT2D eigenvalue weighted by Gasteiger charge is -2.25. The van der Waals surface area contributed by atoms with Crippen molar-refractivity contribution in [1.29, 1.82) is 0 Å². The second kappa shape index (κ2) is 6.40. The van der Waals surface area contributed by atoms with Gasteiger partial charge in [0.05, 0.1) is 0 Å². The second-order valence-electron chi connectivity index (χ2n) is 5.90. The molecule has 0 unspecified atom stereocenters. The Labute approximate surface area is 115 Å². The molecule has 4 heteroatoms. The largest absolute Gasteiger partial charge is 0.355 e. The Kier molecular flexibility index (Phi) is 4.83. The van der Waals surface area contributed by atoms with Crippen LogP contribution in [0.2, 0.25) is 0 Å². The number of hydrogen-bond acceptors (Lipinski definition) is 2. The monoisotopic (exact) mass is 266 g/mol. The zero-order valence-electron chi connectivity index (χ0n) is 12.0. The predicted molar refractivity (Wildman–Crippen MR) is 74.6 cm³/mol. The molecular weight excluding hydrogens is 240 g/mol. The Morgan fingerprint density at radius 2 is 1.74 bits per heavy atom. The van der Waals surface area contributed by atoms with Gasteiger partial charge < -0.3 is 10.2 Å². The van der Waals surface area contributed by atoms with Crippen LogP contribution >= 0.6 is 0 Å². The quantitative estimate of drug-likeness (QED) is 0.612. The predicted octanol–water partition coefficient (Wildman–Crippen LogP) is 2.09. The molecule has 0 atom stereocenters. The minimum Gasteiger partial charge on any atom is -0.355 e. The van der Waals surface area contributed by atoms with Crippen LogP contribution in [0.25, 0.3) is 0 Å². The van der Waals surface area contributed by atoms with Crippen LogP contribution in [0.1, 0.15) is 58.3 Å². The smallest absolute Gasteiger partial charge is 0.238 e. The minimum atomic E-state index is -0.696. The maximum absolute atomic E-state index is 12.6. The molecule has 2 aliphatic rings. The summed E-state index contributed by atoms with van der Waals surface area (Å²) < 4.78 is 0. The highest BCUT2D eigenvalue weighted by Gasteiger charge is 2.57. The van der Waals surface area contributed by atoms with Gasteiger partial charge >= 0.3 is 0 Å². The third-order valence-electron chi connectivity index (χ3n) is 4.30. The molecule has 19 heavy (non-hydrogen) atoms. The number of hydrogen-bond donors (Lipinski definition) is 1. The number of nitrogens with one attached hydrogen (secondary N) is 1. The molecule has 1 saturated heterocycles. The molecule has 1 aliphatic carbocycles. The Morgan fingerprint density at radius 3 is 2.26 bits per heavy atom. The Balaban J connectivity index is 1.91. The molecule has 0 aromatic carbocycles. The molecule has 1 saturated carbocycles. The van der Waals surface area contributed by atoms with Crippen molar-refractivity contribution in [3.05, 3.63) is 0 Å². The van der Waals surface area contributed by atoms with E-state index in [-0.39, 0.29) is 11.8 Å². The van der Waals surface area contributed by atoms with Gasteiger partial charge in [-0.15, -0.1) is 0 Å². The van der Waals surface area contributed by atoms with E-state index < -0.39 is 5.41 Å². The van der Waals surface area contributed by atoms with Crippen molar-refractivity contribution in [2.75, 3.05) is 19.6 Å². The SMILES string of the molecule is CCCCNC(=O)C1(C(=O)N2CCCCCC2)CC1. The van der Waals surface area contributed by atoms with Gasteiger partial charge in [0, 0.05) is 19.6 Å². The topological polar surface area (TPSA) is 49.4 Å². The maximum Gasteiger partial charge on any atom is 0.238 e. The molecular formula is C15H26N2O2. The molecule has 2 rings (SSSR count). The van der Waals surface area contributed by atoms with Gasteiger partial charge in [-0.2, -0.15) is 0 Å². The zero-order chi connectivity index (χ0) is 13.7. The zero-order valence-corrected chi connectivity index (χ0v) is 12.0. The second-order valence-corrected chi connectivity index (χ2v) is 5.90. The van der Waals surface area contributed by atoms with E-state index in [9.17, 15) is 9.59 Å². The summed E-state index contributed by atoms with van der Waals surface area (Å²) in [5.74, 6) is 0.0543. The first-order valence-corrected chi connectivity index (χ1v) is 7.78. The van der Waals surface area contributed by atoms with Gasteiger partial charge in [-0.05, 0) is 32.1 Å². The van der Waals surface area contributed by atoms with Crippen molar-refractivity contribution in [3.63, 3.8) is 0 Å². The van der Waals surface area contributed by atoms with E-state index in [1.165, 1.54) is 12.8 Å². The van der Waals surface area contributed by atoms with Crippen molar-refractivity contribution in [1.82, 2.24) is 10.2 Å². The molecule has 1 heterocycles. The Morgan fingerprint density at radius 1 is 1.11 bits per heavy atom. The van der Waals surface area contributed by atoms with Crippen LogP contribution in [0.5, 0.6) is 0 Å². The first kappa shape index (κ1) is 14.4. The van der Waals surface area contributed by atoms with Crippen LogP contribution in [0.3, 0.4) is 0 Å². The molecule has 2 fully saturated rings. The van der Waals surface area contributed by atoms with E-state index in [4.69, 9.17) is 0 Å². The molecule has 108 valence electrons. The van der Waals surface area contributed by atoms with Crippen LogP contribution in [0.15, 0.2) is 0 Å². The summed E-state index contributed by atoms with van der Waals surface area (Å²) in [4.78, 5) is 26.7. The minimum absolute atomic E-state index is 0.0322. The molecule has 0 spiro atoms. The fourth-order valence-corrected chi connectivity index (χ4v) is 2.79. The number of likely N-dealkylation sites (tertiary alicyclic amines) is 1. The highest BCUT2D eigenvalue weighted by atomic mass is 16.2. The number of carbonyl (C=O) groups excluding carboxylic acids is 2. The maximum atomic E-state index is 12.6. The van der Waals surface area contributed by atoms with Crippen LogP contribution < -0.4 is 5.32 Å². The van der Waals surface area contributed by atoms with Gasteiger partial charge in [0.25, 0.3) is 0 Å². The van der Waals surface area contributed by atoms with E-state index in [1.54, 1.807) is 0 Å². The summed E-state index contributed by atoms with van der Waals surface area (Å²) in [5, 5.41) is 2.94. The molecule has 2 amide bonds. The van der Waals surface area contributed by atoms with Crippen molar-refractivity contribution in [2.45, 2.75) is 58.3 Å². The molecule has 0 radical (unpaired) electrons. The number of unbranched alkanes of at least 4 members (excludes halogenated alkanes) is 1. The summed E-state index contributed by atoms with van der Waals surface area (Å²) in [6, 6.07) is 0. The molecule has 0 bridgehead atoms. The third kappa shape index (κ3) is 3.28. The normalized spacial score (nSPS) is 21.6. The third-order valence-corrected chi connectivity index (χ3v) is 4.30. The summed E-state index contributed by atoms with van der Waals surface area (Å²) in [7, 11) is 0. The Hall–Kier alpha value is -1.06. The molecule has 0 aromatic heterocycles. The average molecular weight is 266 g/mol. The first-order valence-electron chi connectivity index (χ1n) is 7.78. The Bertz CT molecular complexity index is 329. The number of nitrogens with zero attached hydrogens (tertiary/aromatic N) is 1. The highest BCUT2D eigenvalue weighted by molar-refractivity contribution is 6.07. The van der Waals surface area contributed by atoms with Gasteiger partial charge in [0.1, 0.15) is 5.41 Å². The highest BCUT2D eigenvalue weighted by Crippen LogP contribution is 2.47. The number of carbonyl (C=O) groups is 2. The van der Waals surface area contributed by atoms with Crippen molar-refractivity contribution in [2.24, 2.45) is 5.41 Å². The van der Waals surface area contributed by atoms with Gasteiger partial charge in [-0.25, -0.2) is 0 Å². The van der Waals surface area contributed by atoms with E-state index in [2.05, 4.69) is 12.2 Å². The molecule has 0 aromatic rings. The first-order chi connectivity index (χ1) is 9.20. The summed E-state index contributed by atoms with van der Waals surface area (Å²) in [6.45, 7) is 4.47. The van der Waals surface area contributed by atoms with Crippen molar-refractivity contribution < 1.29 is 9.59 Å². The van der Waals surface area contributed by atoms with E-state index >= 15 is 0 Å². The number of rotatable bonds is 5. The van der Waals surface area contributed by atoms with Crippen LogP contribution in [0, 0.1) is 5.41 Å². The van der Waals surface area contributed by atoms with Gasteiger partial charge in [0.2, 0.25) is 11.8 Å². The molecule has 1 aliphatic heterocycles. The fraction of sp³-hybridized carbons (Fsp3) is 0.867. The average Bonchev–Trinajstić information content (AvgIpc) is 3.23. The summed E-state index contributed by atoms with van der Waals surface area (Å²) in [5.41, 5.74) is -0.696.